The van der Waals surface area contributed by atoms with Gasteiger partial charge in [-0.15, -0.1) is 11.3 Å². The smallest absolute Gasteiger partial charge is 0.0471 e. The van der Waals surface area contributed by atoms with Crippen LogP contribution in [0.4, 0.5) is 0 Å². The fraction of sp³-hybridized carbons (Fsp3) is 0.765. The lowest BCUT2D eigenvalue weighted by atomic mass is 9.81. The van der Waals surface area contributed by atoms with Crippen molar-refractivity contribution < 1.29 is 4.74 Å². The molecular formula is C17H27NOS. The second-order valence-electron chi connectivity index (χ2n) is 6.84. The van der Waals surface area contributed by atoms with E-state index in [1.807, 2.05) is 11.3 Å². The molecule has 0 amide bonds. The van der Waals surface area contributed by atoms with Crippen LogP contribution in [-0.4, -0.2) is 19.8 Å². The first kappa shape index (κ1) is 14.6. The molecular weight excluding hydrogens is 266 g/mol. The first-order valence-corrected chi connectivity index (χ1v) is 8.99. The third-order valence-corrected chi connectivity index (χ3v) is 6.13. The summed E-state index contributed by atoms with van der Waals surface area (Å²) in [6.45, 7) is 5.43. The van der Waals surface area contributed by atoms with E-state index in [1.54, 1.807) is 0 Å². The highest BCUT2D eigenvalue weighted by molar-refractivity contribution is 7.10. The Morgan fingerprint density at radius 2 is 2.10 bits per heavy atom. The van der Waals surface area contributed by atoms with Gasteiger partial charge in [-0.1, -0.05) is 25.8 Å². The molecule has 0 spiro atoms. The van der Waals surface area contributed by atoms with Gasteiger partial charge in [0.15, 0.2) is 0 Å². The third-order valence-electron chi connectivity index (χ3n) is 5.17. The maximum absolute atomic E-state index is 5.52. The molecule has 1 unspecified atom stereocenters. The summed E-state index contributed by atoms with van der Waals surface area (Å²) in [4.78, 5) is 1.53. The van der Waals surface area contributed by atoms with Crippen LogP contribution in [0.3, 0.4) is 0 Å². The molecule has 1 N–H and O–H groups in total. The molecule has 2 nitrogen and oxygen atoms in total. The normalized spacial score (nSPS) is 24.9. The van der Waals surface area contributed by atoms with Crippen molar-refractivity contribution >= 4 is 11.3 Å². The average molecular weight is 293 g/mol. The lowest BCUT2D eigenvalue weighted by Gasteiger charge is -2.36. The Morgan fingerprint density at radius 3 is 2.75 bits per heavy atom. The van der Waals surface area contributed by atoms with Gasteiger partial charge in [-0.3, -0.25) is 0 Å². The van der Waals surface area contributed by atoms with Gasteiger partial charge in [0.25, 0.3) is 0 Å². The molecule has 2 fully saturated rings. The van der Waals surface area contributed by atoms with Gasteiger partial charge in [0.2, 0.25) is 0 Å². The first-order chi connectivity index (χ1) is 9.77. The van der Waals surface area contributed by atoms with E-state index in [4.69, 9.17) is 4.74 Å². The van der Waals surface area contributed by atoms with Gasteiger partial charge in [0.05, 0.1) is 0 Å². The van der Waals surface area contributed by atoms with E-state index in [9.17, 15) is 0 Å². The third kappa shape index (κ3) is 3.44. The number of thiophene rings is 1. The molecule has 0 radical (unpaired) electrons. The van der Waals surface area contributed by atoms with Crippen molar-refractivity contribution in [3.05, 3.63) is 22.4 Å². The van der Waals surface area contributed by atoms with Crippen molar-refractivity contribution in [1.82, 2.24) is 5.32 Å². The molecule has 112 valence electrons. The largest absolute Gasteiger partial charge is 0.381 e. The molecule has 1 saturated carbocycles. The van der Waals surface area contributed by atoms with Gasteiger partial charge in [0, 0.05) is 30.7 Å². The van der Waals surface area contributed by atoms with E-state index in [2.05, 4.69) is 29.8 Å². The summed E-state index contributed by atoms with van der Waals surface area (Å²) in [5.74, 6) is 0.845. The zero-order valence-corrected chi connectivity index (χ0v) is 13.4. The van der Waals surface area contributed by atoms with Crippen molar-refractivity contribution in [2.45, 2.75) is 51.5 Å². The zero-order valence-electron chi connectivity index (χ0n) is 12.6. The molecule has 20 heavy (non-hydrogen) atoms. The Kier molecular flexibility index (Phi) is 4.79. The Morgan fingerprint density at radius 1 is 1.35 bits per heavy atom. The highest BCUT2D eigenvalue weighted by Gasteiger charge is 2.31. The van der Waals surface area contributed by atoms with Crippen LogP contribution in [0.2, 0.25) is 0 Å². The lowest BCUT2D eigenvalue weighted by Crippen LogP contribution is -2.39. The maximum atomic E-state index is 5.52. The van der Waals surface area contributed by atoms with E-state index >= 15 is 0 Å². The van der Waals surface area contributed by atoms with Gasteiger partial charge in [-0.05, 0) is 48.5 Å². The molecule has 1 saturated heterocycles. The summed E-state index contributed by atoms with van der Waals surface area (Å²) in [7, 11) is 0. The fourth-order valence-electron chi connectivity index (χ4n) is 3.66. The van der Waals surface area contributed by atoms with Crippen LogP contribution < -0.4 is 5.32 Å². The number of rotatable bonds is 5. The SMILES string of the molecule is CC1(CNC(c2cccs2)C2CCCC2)CCOCC1. The molecule has 1 aliphatic carbocycles. The monoisotopic (exact) mass is 293 g/mol. The minimum absolute atomic E-state index is 0.423. The van der Waals surface area contributed by atoms with E-state index < -0.39 is 0 Å². The summed E-state index contributed by atoms with van der Waals surface area (Å²) < 4.78 is 5.52. The van der Waals surface area contributed by atoms with Crippen molar-refractivity contribution in [3.63, 3.8) is 0 Å². The molecule has 3 heteroatoms. The highest BCUT2D eigenvalue weighted by atomic mass is 32.1. The second-order valence-corrected chi connectivity index (χ2v) is 7.82. The predicted molar refractivity (Wildman–Crippen MR) is 85.2 cm³/mol. The van der Waals surface area contributed by atoms with E-state index in [-0.39, 0.29) is 0 Å². The molecule has 2 heterocycles. The predicted octanol–water partition coefficient (Wildman–Crippen LogP) is 4.39. The zero-order chi connectivity index (χ0) is 13.8. The van der Waals surface area contributed by atoms with E-state index in [0.717, 1.165) is 25.7 Å². The average Bonchev–Trinajstić information content (AvgIpc) is 3.13. The molecule has 1 aromatic heterocycles. The van der Waals surface area contributed by atoms with Gasteiger partial charge < -0.3 is 10.1 Å². The van der Waals surface area contributed by atoms with Crippen molar-refractivity contribution in [3.8, 4) is 0 Å². The summed E-state index contributed by atoms with van der Waals surface area (Å²) >= 11 is 1.92. The van der Waals surface area contributed by atoms with Gasteiger partial charge in [-0.2, -0.15) is 0 Å². The van der Waals surface area contributed by atoms with E-state index in [1.165, 1.54) is 43.4 Å². The van der Waals surface area contributed by atoms with Crippen LogP contribution in [0.25, 0.3) is 0 Å². The minimum atomic E-state index is 0.423. The Hall–Kier alpha value is -0.380. The van der Waals surface area contributed by atoms with Crippen molar-refractivity contribution in [2.75, 3.05) is 19.8 Å². The Bertz CT molecular complexity index is 391. The van der Waals surface area contributed by atoms with Crippen LogP contribution in [0, 0.1) is 11.3 Å². The maximum Gasteiger partial charge on any atom is 0.0471 e. The van der Waals surface area contributed by atoms with Crippen molar-refractivity contribution in [1.29, 1.82) is 0 Å². The van der Waals surface area contributed by atoms with Gasteiger partial charge in [-0.25, -0.2) is 0 Å². The topological polar surface area (TPSA) is 21.3 Å². The van der Waals surface area contributed by atoms with Gasteiger partial charge in [0.1, 0.15) is 0 Å². The standard InChI is InChI=1S/C17H27NOS/c1-17(8-10-19-11-9-17)13-18-16(14-5-2-3-6-14)15-7-4-12-20-15/h4,7,12,14,16,18H,2-3,5-6,8-11,13H2,1H3. The molecule has 3 rings (SSSR count). The second kappa shape index (κ2) is 6.59. The van der Waals surface area contributed by atoms with Crippen LogP contribution >= 0.6 is 11.3 Å². The van der Waals surface area contributed by atoms with Crippen LogP contribution in [0.15, 0.2) is 17.5 Å². The molecule has 0 bridgehead atoms. The summed E-state index contributed by atoms with van der Waals surface area (Å²) in [6, 6.07) is 5.09. The molecule has 1 aliphatic heterocycles. The van der Waals surface area contributed by atoms with Crippen LogP contribution in [0.1, 0.15) is 56.4 Å². The highest BCUT2D eigenvalue weighted by Crippen LogP contribution is 2.38. The first-order valence-electron chi connectivity index (χ1n) is 8.11. The van der Waals surface area contributed by atoms with Crippen LogP contribution in [0.5, 0.6) is 0 Å². The molecule has 0 aromatic carbocycles. The number of ether oxygens (including phenoxy) is 1. The minimum Gasteiger partial charge on any atom is -0.381 e. The molecule has 1 aromatic rings. The Balaban J connectivity index is 1.64. The van der Waals surface area contributed by atoms with E-state index in [0.29, 0.717) is 11.5 Å². The number of hydrogen-bond acceptors (Lipinski definition) is 3. The van der Waals surface area contributed by atoms with Crippen molar-refractivity contribution in [2.24, 2.45) is 11.3 Å². The summed E-state index contributed by atoms with van der Waals surface area (Å²) in [6.07, 6.45) is 8.02. The quantitative estimate of drug-likeness (QED) is 0.869. The molecule has 2 aliphatic rings. The summed E-state index contributed by atoms with van der Waals surface area (Å²) in [5.41, 5.74) is 0.423. The summed E-state index contributed by atoms with van der Waals surface area (Å²) in [5, 5.41) is 6.15. The number of hydrogen-bond donors (Lipinski definition) is 1. The molecule has 1 atom stereocenters. The van der Waals surface area contributed by atoms with Crippen LogP contribution in [-0.2, 0) is 4.74 Å². The number of nitrogens with one attached hydrogen (secondary N) is 1. The fourth-order valence-corrected chi connectivity index (χ4v) is 4.55. The lowest BCUT2D eigenvalue weighted by molar-refractivity contribution is 0.0219. The van der Waals surface area contributed by atoms with Gasteiger partial charge >= 0.3 is 0 Å². The Labute approximate surface area is 126 Å².